The van der Waals surface area contributed by atoms with Crippen molar-refractivity contribution in [2.45, 2.75) is 38.6 Å². The first-order chi connectivity index (χ1) is 10.7. The highest BCUT2D eigenvalue weighted by atomic mass is 32.1. The molecule has 3 N–H and O–H groups in total. The lowest BCUT2D eigenvalue weighted by Crippen LogP contribution is -2.47. The molecule has 0 aliphatic heterocycles. The number of amides is 1. The molecule has 1 aromatic rings. The van der Waals surface area contributed by atoms with E-state index in [1.165, 1.54) is 25.7 Å². The van der Waals surface area contributed by atoms with Crippen LogP contribution in [0.4, 0.5) is 0 Å². The van der Waals surface area contributed by atoms with Gasteiger partial charge in [-0.25, -0.2) is 0 Å². The SMILES string of the molecule is O=C(CC1CC2CCC1C2)NNC(=S)NCc1ccccc1. The van der Waals surface area contributed by atoms with Crippen molar-refractivity contribution < 1.29 is 4.79 Å². The average molecular weight is 317 g/mol. The number of carbonyl (C=O) groups is 1. The summed E-state index contributed by atoms with van der Waals surface area (Å²) < 4.78 is 0. The largest absolute Gasteiger partial charge is 0.357 e. The number of hydrogen-bond donors (Lipinski definition) is 3. The van der Waals surface area contributed by atoms with Crippen LogP contribution >= 0.6 is 12.2 Å². The molecule has 2 bridgehead atoms. The molecule has 22 heavy (non-hydrogen) atoms. The number of thiocarbonyl (C=S) groups is 1. The molecular formula is C17H23N3OS. The standard InChI is InChI=1S/C17H23N3OS/c21-16(10-15-9-13-6-7-14(15)8-13)19-20-17(22)18-11-12-4-2-1-3-5-12/h1-5,13-15H,6-11H2,(H,19,21)(H2,18,20,22). The predicted molar refractivity (Wildman–Crippen MR) is 90.7 cm³/mol. The number of hydrazine groups is 1. The van der Waals surface area contributed by atoms with Crippen molar-refractivity contribution in [3.05, 3.63) is 35.9 Å². The van der Waals surface area contributed by atoms with Crippen LogP contribution in [0.2, 0.25) is 0 Å². The van der Waals surface area contributed by atoms with Crippen molar-refractivity contribution in [3.63, 3.8) is 0 Å². The number of benzene rings is 1. The molecule has 1 aromatic carbocycles. The van der Waals surface area contributed by atoms with Crippen molar-refractivity contribution in [2.75, 3.05) is 0 Å². The number of rotatable bonds is 4. The molecular weight excluding hydrogens is 294 g/mol. The first kappa shape index (κ1) is 15.3. The lowest BCUT2D eigenvalue weighted by atomic mass is 9.86. The minimum Gasteiger partial charge on any atom is -0.357 e. The number of carbonyl (C=O) groups excluding carboxylic acids is 1. The van der Waals surface area contributed by atoms with Gasteiger partial charge in [0.1, 0.15) is 0 Å². The van der Waals surface area contributed by atoms with Crippen LogP contribution in [-0.4, -0.2) is 11.0 Å². The summed E-state index contributed by atoms with van der Waals surface area (Å²) in [5.74, 6) is 2.27. The molecule has 3 unspecified atom stereocenters. The Balaban J connectivity index is 1.33. The third-order valence-electron chi connectivity index (χ3n) is 4.94. The Hall–Kier alpha value is -1.62. The number of fused-ring (bicyclic) bond motifs is 2. The van der Waals surface area contributed by atoms with Gasteiger partial charge in [0.15, 0.2) is 5.11 Å². The molecule has 2 fully saturated rings. The van der Waals surface area contributed by atoms with Crippen molar-refractivity contribution in [2.24, 2.45) is 17.8 Å². The summed E-state index contributed by atoms with van der Waals surface area (Å²) in [6, 6.07) is 10.0. The Morgan fingerprint density at radius 1 is 1.14 bits per heavy atom. The van der Waals surface area contributed by atoms with E-state index in [-0.39, 0.29) is 5.91 Å². The second-order valence-electron chi connectivity index (χ2n) is 6.48. The van der Waals surface area contributed by atoms with E-state index in [1.807, 2.05) is 30.3 Å². The fourth-order valence-electron chi connectivity index (χ4n) is 3.86. The van der Waals surface area contributed by atoms with Crippen molar-refractivity contribution >= 4 is 23.2 Å². The van der Waals surface area contributed by atoms with E-state index in [2.05, 4.69) is 16.2 Å². The third-order valence-corrected chi connectivity index (χ3v) is 5.19. The minimum absolute atomic E-state index is 0.0430. The first-order valence-electron chi connectivity index (χ1n) is 8.07. The highest BCUT2D eigenvalue weighted by molar-refractivity contribution is 7.80. The van der Waals surface area contributed by atoms with E-state index in [0.29, 0.717) is 24.0 Å². The summed E-state index contributed by atoms with van der Waals surface area (Å²) >= 11 is 5.17. The smallest absolute Gasteiger partial charge is 0.238 e. The zero-order chi connectivity index (χ0) is 15.4. The zero-order valence-corrected chi connectivity index (χ0v) is 13.5. The van der Waals surface area contributed by atoms with E-state index in [1.54, 1.807) is 0 Å². The average Bonchev–Trinajstić information content (AvgIpc) is 3.14. The second-order valence-corrected chi connectivity index (χ2v) is 6.89. The molecule has 0 radical (unpaired) electrons. The molecule has 3 atom stereocenters. The monoisotopic (exact) mass is 317 g/mol. The lowest BCUT2D eigenvalue weighted by molar-refractivity contribution is -0.122. The zero-order valence-electron chi connectivity index (χ0n) is 12.7. The highest BCUT2D eigenvalue weighted by Gasteiger charge is 2.40. The Morgan fingerprint density at radius 2 is 1.95 bits per heavy atom. The van der Waals surface area contributed by atoms with Gasteiger partial charge in [-0.15, -0.1) is 0 Å². The molecule has 3 rings (SSSR count). The van der Waals surface area contributed by atoms with Gasteiger partial charge in [-0.2, -0.15) is 0 Å². The van der Waals surface area contributed by atoms with E-state index in [0.717, 1.165) is 17.4 Å². The molecule has 5 heteroatoms. The van der Waals surface area contributed by atoms with Gasteiger partial charge in [-0.1, -0.05) is 36.8 Å². The van der Waals surface area contributed by atoms with Crippen molar-refractivity contribution in [1.29, 1.82) is 0 Å². The Kier molecular flexibility index (Phi) is 4.93. The van der Waals surface area contributed by atoms with Crippen LogP contribution in [0.15, 0.2) is 30.3 Å². The molecule has 4 nitrogen and oxygen atoms in total. The van der Waals surface area contributed by atoms with Gasteiger partial charge in [0.2, 0.25) is 5.91 Å². The summed E-state index contributed by atoms with van der Waals surface area (Å²) in [6.07, 6.45) is 5.87. The summed E-state index contributed by atoms with van der Waals surface area (Å²) in [5, 5.41) is 3.53. The van der Waals surface area contributed by atoms with E-state index in [9.17, 15) is 4.79 Å². The van der Waals surface area contributed by atoms with Crippen LogP contribution in [0, 0.1) is 17.8 Å². The summed E-state index contributed by atoms with van der Waals surface area (Å²) in [4.78, 5) is 12.0. The summed E-state index contributed by atoms with van der Waals surface area (Å²) in [5.41, 5.74) is 6.66. The Bertz CT molecular complexity index is 534. The topological polar surface area (TPSA) is 53.2 Å². The van der Waals surface area contributed by atoms with Gasteiger partial charge in [-0.05, 0) is 54.8 Å². The molecule has 1 amide bonds. The predicted octanol–water partition coefficient (Wildman–Crippen LogP) is 2.51. The van der Waals surface area contributed by atoms with Gasteiger partial charge < -0.3 is 5.32 Å². The normalized spacial score (nSPS) is 25.7. The number of nitrogens with one attached hydrogen (secondary N) is 3. The second kappa shape index (κ2) is 7.09. The van der Waals surface area contributed by atoms with E-state index < -0.39 is 0 Å². The third kappa shape index (κ3) is 3.97. The molecule has 0 spiro atoms. The minimum atomic E-state index is 0.0430. The lowest BCUT2D eigenvalue weighted by Gasteiger charge is -2.21. The van der Waals surface area contributed by atoms with Crippen LogP contribution in [0.1, 0.15) is 37.7 Å². The van der Waals surface area contributed by atoms with Crippen LogP contribution in [0.25, 0.3) is 0 Å². The quantitative estimate of drug-likeness (QED) is 0.590. The van der Waals surface area contributed by atoms with Gasteiger partial charge in [0.25, 0.3) is 0 Å². The fourth-order valence-corrected chi connectivity index (χ4v) is 3.99. The number of hydrogen-bond acceptors (Lipinski definition) is 2. The van der Waals surface area contributed by atoms with Crippen LogP contribution in [0.5, 0.6) is 0 Å². The fraction of sp³-hybridized carbons (Fsp3) is 0.529. The first-order valence-corrected chi connectivity index (χ1v) is 8.48. The summed E-state index contributed by atoms with van der Waals surface area (Å²) in [7, 11) is 0. The van der Waals surface area contributed by atoms with Crippen molar-refractivity contribution in [3.8, 4) is 0 Å². The molecule has 118 valence electrons. The van der Waals surface area contributed by atoms with Gasteiger partial charge in [0.05, 0.1) is 0 Å². The van der Waals surface area contributed by atoms with Crippen LogP contribution in [0.3, 0.4) is 0 Å². The molecule has 2 aliphatic rings. The van der Waals surface area contributed by atoms with Crippen LogP contribution < -0.4 is 16.2 Å². The van der Waals surface area contributed by atoms with Gasteiger partial charge >= 0.3 is 0 Å². The maximum Gasteiger partial charge on any atom is 0.238 e. The molecule has 2 saturated carbocycles. The van der Waals surface area contributed by atoms with Gasteiger partial charge in [0, 0.05) is 13.0 Å². The van der Waals surface area contributed by atoms with Crippen molar-refractivity contribution in [1.82, 2.24) is 16.2 Å². The highest BCUT2D eigenvalue weighted by Crippen LogP contribution is 2.49. The molecule has 0 saturated heterocycles. The Morgan fingerprint density at radius 3 is 2.64 bits per heavy atom. The van der Waals surface area contributed by atoms with Crippen LogP contribution in [-0.2, 0) is 11.3 Å². The molecule has 0 aromatic heterocycles. The summed E-state index contributed by atoms with van der Waals surface area (Å²) in [6.45, 7) is 0.648. The molecule has 2 aliphatic carbocycles. The maximum atomic E-state index is 12.0. The molecule has 0 heterocycles. The Labute approximate surface area is 137 Å². The maximum absolute atomic E-state index is 12.0. The van der Waals surface area contributed by atoms with E-state index >= 15 is 0 Å². The van der Waals surface area contributed by atoms with E-state index in [4.69, 9.17) is 12.2 Å². The van der Waals surface area contributed by atoms with Gasteiger partial charge in [-0.3, -0.25) is 15.6 Å².